The molecule has 120 valence electrons. The molecule has 7 nitrogen and oxygen atoms in total. The number of methoxy groups -OCH3 is 1. The summed E-state index contributed by atoms with van der Waals surface area (Å²) in [6.45, 7) is 1.94. The highest BCUT2D eigenvalue weighted by atomic mass is 32.1. The summed E-state index contributed by atoms with van der Waals surface area (Å²) in [5.74, 6) is -0.621. The number of hydrogen-bond acceptors (Lipinski definition) is 5. The molecule has 0 radical (unpaired) electrons. The van der Waals surface area contributed by atoms with Crippen molar-refractivity contribution in [2.45, 2.75) is 0 Å². The minimum Gasteiger partial charge on any atom is -0.383 e. The van der Waals surface area contributed by atoms with Crippen molar-refractivity contribution in [2.24, 2.45) is 0 Å². The fourth-order valence-corrected chi connectivity index (χ4v) is 2.76. The highest BCUT2D eigenvalue weighted by molar-refractivity contribution is 7.08. The number of nitrogens with zero attached hydrogens (tertiary/aromatic N) is 2. The lowest BCUT2D eigenvalue weighted by molar-refractivity contribution is -0.145. The maximum Gasteiger partial charge on any atom is 0.252 e. The first-order valence-corrected chi connectivity index (χ1v) is 7.91. The third kappa shape index (κ3) is 4.28. The van der Waals surface area contributed by atoms with Crippen molar-refractivity contribution in [3.8, 4) is 0 Å². The summed E-state index contributed by atoms with van der Waals surface area (Å²) in [6, 6.07) is 1.70. The Kier molecular flexibility index (Phi) is 5.91. The summed E-state index contributed by atoms with van der Waals surface area (Å²) in [4.78, 5) is 38.9. The molecule has 1 aliphatic heterocycles. The smallest absolute Gasteiger partial charge is 0.252 e. The fourth-order valence-electron chi connectivity index (χ4n) is 2.12. The van der Waals surface area contributed by atoms with Gasteiger partial charge in [-0.3, -0.25) is 14.4 Å². The quantitative estimate of drug-likeness (QED) is 0.785. The molecular weight excluding hydrogens is 306 g/mol. The topological polar surface area (TPSA) is 79.0 Å². The third-order valence-electron chi connectivity index (χ3n) is 3.42. The van der Waals surface area contributed by atoms with Crippen LogP contribution in [0.25, 0.3) is 0 Å². The second-order valence-corrected chi connectivity index (χ2v) is 5.66. The zero-order chi connectivity index (χ0) is 15.9. The molecular formula is C14H19N3O4S. The first-order valence-electron chi connectivity index (χ1n) is 6.96. The normalized spacial score (nSPS) is 15.0. The standard InChI is InChI=1S/C14H19N3O4S/c1-21-6-5-16-3-4-17(9-13(16)19)12(18)8-15-14(20)11-2-7-22-10-11/h2,7,10H,3-6,8-9H2,1H3,(H,15,20). The van der Waals surface area contributed by atoms with Gasteiger partial charge in [0.2, 0.25) is 11.8 Å². The van der Waals surface area contributed by atoms with E-state index in [-0.39, 0.29) is 30.8 Å². The van der Waals surface area contributed by atoms with Gasteiger partial charge in [0.25, 0.3) is 5.91 Å². The molecule has 1 saturated heterocycles. The molecule has 0 spiro atoms. The van der Waals surface area contributed by atoms with Crippen LogP contribution in [0.2, 0.25) is 0 Å². The van der Waals surface area contributed by atoms with E-state index in [1.54, 1.807) is 28.8 Å². The van der Waals surface area contributed by atoms with Crippen LogP contribution in [0.3, 0.4) is 0 Å². The van der Waals surface area contributed by atoms with Gasteiger partial charge in [0.1, 0.15) is 0 Å². The van der Waals surface area contributed by atoms with Crippen molar-refractivity contribution < 1.29 is 19.1 Å². The lowest BCUT2D eigenvalue weighted by atomic mass is 10.3. The number of rotatable bonds is 6. The maximum atomic E-state index is 12.1. The number of piperazine rings is 1. The number of nitrogens with one attached hydrogen (secondary N) is 1. The first-order chi connectivity index (χ1) is 10.6. The number of carbonyl (C=O) groups excluding carboxylic acids is 3. The summed E-state index contributed by atoms with van der Waals surface area (Å²) in [5, 5.41) is 6.09. The van der Waals surface area contributed by atoms with Crippen molar-refractivity contribution in [3.05, 3.63) is 22.4 Å². The molecule has 0 bridgehead atoms. The Morgan fingerprint density at radius 2 is 2.23 bits per heavy atom. The van der Waals surface area contributed by atoms with Gasteiger partial charge in [-0.1, -0.05) is 0 Å². The molecule has 1 aromatic rings. The molecule has 3 amide bonds. The molecule has 1 fully saturated rings. The molecule has 22 heavy (non-hydrogen) atoms. The molecule has 0 unspecified atom stereocenters. The second kappa shape index (κ2) is 7.90. The van der Waals surface area contributed by atoms with Crippen molar-refractivity contribution in [2.75, 3.05) is 46.4 Å². The second-order valence-electron chi connectivity index (χ2n) is 4.88. The van der Waals surface area contributed by atoms with Crippen LogP contribution in [0.1, 0.15) is 10.4 Å². The van der Waals surface area contributed by atoms with E-state index in [9.17, 15) is 14.4 Å². The van der Waals surface area contributed by atoms with Crippen LogP contribution >= 0.6 is 11.3 Å². The minimum atomic E-state index is -0.278. The lowest BCUT2D eigenvalue weighted by Crippen LogP contribution is -2.54. The summed E-state index contributed by atoms with van der Waals surface area (Å²) in [7, 11) is 1.58. The molecule has 0 atom stereocenters. The van der Waals surface area contributed by atoms with Gasteiger partial charge >= 0.3 is 0 Å². The van der Waals surface area contributed by atoms with Crippen LogP contribution in [0, 0.1) is 0 Å². The number of carbonyl (C=O) groups is 3. The summed E-state index contributed by atoms with van der Waals surface area (Å²) >= 11 is 1.42. The van der Waals surface area contributed by atoms with Crippen LogP contribution in [-0.2, 0) is 14.3 Å². The highest BCUT2D eigenvalue weighted by Gasteiger charge is 2.26. The van der Waals surface area contributed by atoms with Crippen molar-refractivity contribution in [1.82, 2.24) is 15.1 Å². The van der Waals surface area contributed by atoms with E-state index < -0.39 is 0 Å². The van der Waals surface area contributed by atoms with Gasteiger partial charge in [0.15, 0.2) is 0 Å². The van der Waals surface area contributed by atoms with E-state index in [0.717, 1.165) is 0 Å². The van der Waals surface area contributed by atoms with E-state index >= 15 is 0 Å². The van der Waals surface area contributed by atoms with Gasteiger partial charge in [0, 0.05) is 37.7 Å². The summed E-state index contributed by atoms with van der Waals surface area (Å²) in [5.41, 5.74) is 0.540. The van der Waals surface area contributed by atoms with Crippen molar-refractivity contribution in [3.63, 3.8) is 0 Å². The molecule has 0 aromatic carbocycles. The Morgan fingerprint density at radius 1 is 1.41 bits per heavy atom. The molecule has 1 N–H and O–H groups in total. The largest absolute Gasteiger partial charge is 0.383 e. The van der Waals surface area contributed by atoms with E-state index in [1.165, 1.54) is 16.2 Å². The maximum absolute atomic E-state index is 12.1. The molecule has 8 heteroatoms. The molecule has 2 rings (SSSR count). The molecule has 0 saturated carbocycles. The van der Waals surface area contributed by atoms with E-state index in [2.05, 4.69) is 5.32 Å². The summed E-state index contributed by atoms with van der Waals surface area (Å²) < 4.78 is 4.95. The van der Waals surface area contributed by atoms with Gasteiger partial charge in [0.05, 0.1) is 19.7 Å². The fraction of sp³-hybridized carbons (Fsp3) is 0.500. The van der Waals surface area contributed by atoms with Crippen LogP contribution in [-0.4, -0.2) is 74.0 Å². The van der Waals surface area contributed by atoms with E-state index in [0.29, 0.717) is 31.8 Å². The molecule has 1 aliphatic rings. The number of thiophene rings is 1. The Morgan fingerprint density at radius 3 is 2.86 bits per heavy atom. The molecule has 1 aromatic heterocycles. The van der Waals surface area contributed by atoms with Gasteiger partial charge in [-0.05, 0) is 11.4 Å². The summed E-state index contributed by atoms with van der Waals surface area (Å²) in [6.07, 6.45) is 0. The SMILES string of the molecule is COCCN1CCN(C(=O)CNC(=O)c2ccsc2)CC1=O. The van der Waals surface area contributed by atoms with Crippen molar-refractivity contribution >= 4 is 29.1 Å². The van der Waals surface area contributed by atoms with Gasteiger partial charge in [-0.15, -0.1) is 0 Å². The van der Waals surface area contributed by atoms with Crippen molar-refractivity contribution in [1.29, 1.82) is 0 Å². The average molecular weight is 325 g/mol. The Labute approximate surface area is 132 Å². The van der Waals surface area contributed by atoms with Crippen LogP contribution in [0.15, 0.2) is 16.8 Å². The number of ether oxygens (including phenoxy) is 1. The minimum absolute atomic E-state index is 0.0524. The lowest BCUT2D eigenvalue weighted by Gasteiger charge is -2.34. The molecule has 0 aliphatic carbocycles. The van der Waals surface area contributed by atoms with E-state index in [1.807, 2.05) is 0 Å². The van der Waals surface area contributed by atoms with Gasteiger partial charge in [-0.25, -0.2) is 0 Å². The highest BCUT2D eigenvalue weighted by Crippen LogP contribution is 2.06. The Hall–Kier alpha value is -1.93. The average Bonchev–Trinajstić information content (AvgIpc) is 3.05. The van der Waals surface area contributed by atoms with Gasteiger partial charge in [-0.2, -0.15) is 11.3 Å². The molecule has 2 heterocycles. The zero-order valence-electron chi connectivity index (χ0n) is 12.4. The Balaban J connectivity index is 1.77. The zero-order valence-corrected chi connectivity index (χ0v) is 13.2. The first kappa shape index (κ1) is 16.4. The number of hydrogen-bond donors (Lipinski definition) is 1. The Bertz CT molecular complexity index is 532. The van der Waals surface area contributed by atoms with Gasteiger partial charge < -0.3 is 19.9 Å². The predicted molar refractivity (Wildman–Crippen MR) is 81.7 cm³/mol. The van der Waals surface area contributed by atoms with Crippen LogP contribution in [0.4, 0.5) is 0 Å². The monoisotopic (exact) mass is 325 g/mol. The predicted octanol–water partition coefficient (Wildman–Crippen LogP) is -0.205. The van der Waals surface area contributed by atoms with Crippen LogP contribution in [0.5, 0.6) is 0 Å². The number of amides is 3. The van der Waals surface area contributed by atoms with E-state index in [4.69, 9.17) is 4.74 Å². The van der Waals surface area contributed by atoms with Crippen LogP contribution < -0.4 is 5.32 Å². The third-order valence-corrected chi connectivity index (χ3v) is 4.10.